The quantitative estimate of drug-likeness (QED) is 0.578. The molecule has 1 saturated heterocycles. The Hall–Kier alpha value is -2.29. The predicted molar refractivity (Wildman–Crippen MR) is 106 cm³/mol. The van der Waals surface area contributed by atoms with Crippen LogP contribution in [0.25, 0.3) is 6.08 Å². The Morgan fingerprint density at radius 2 is 2.19 bits per heavy atom. The summed E-state index contributed by atoms with van der Waals surface area (Å²) in [5.74, 6) is -0.514. The number of nitrogens with one attached hydrogen (secondary N) is 3. The molecule has 1 atom stereocenters. The fourth-order valence-corrected chi connectivity index (χ4v) is 3.10. The second-order valence-electron chi connectivity index (χ2n) is 6.43. The number of carbonyl (C=O) groups excluding carboxylic acids is 2. The van der Waals surface area contributed by atoms with E-state index in [0.717, 1.165) is 11.1 Å². The van der Waals surface area contributed by atoms with Gasteiger partial charge in [-0.05, 0) is 48.8 Å². The van der Waals surface area contributed by atoms with Crippen LogP contribution in [0.3, 0.4) is 0 Å². The highest BCUT2D eigenvalue weighted by Gasteiger charge is 2.17. The zero-order chi connectivity index (χ0) is 19.2. The van der Waals surface area contributed by atoms with Gasteiger partial charge in [-0.2, -0.15) is 0 Å². The summed E-state index contributed by atoms with van der Waals surface area (Å²) in [5, 5.41) is 5.69. The first-order valence-electron chi connectivity index (χ1n) is 8.80. The molecule has 0 bridgehead atoms. The summed E-state index contributed by atoms with van der Waals surface area (Å²) in [6, 6.07) is 5.24. The molecule has 0 saturated carbocycles. The van der Waals surface area contributed by atoms with E-state index in [9.17, 15) is 9.59 Å². The molecule has 0 radical (unpaired) electrons. The average Bonchev–Trinajstić information content (AvgIpc) is 2.67. The lowest BCUT2D eigenvalue weighted by Gasteiger charge is -2.22. The number of ether oxygens (including phenoxy) is 2. The summed E-state index contributed by atoms with van der Waals surface area (Å²) in [6.07, 6.45) is 4.35. The van der Waals surface area contributed by atoms with Crippen LogP contribution in [-0.2, 0) is 14.3 Å². The molecule has 0 aliphatic carbocycles. The molecule has 1 aromatic rings. The van der Waals surface area contributed by atoms with Crippen molar-refractivity contribution in [2.75, 3.05) is 31.7 Å². The third-order valence-electron chi connectivity index (χ3n) is 4.32. The van der Waals surface area contributed by atoms with Gasteiger partial charge in [0.25, 0.3) is 11.8 Å². The number of hydrogen-bond acceptors (Lipinski definition) is 6. The van der Waals surface area contributed by atoms with Crippen LogP contribution < -0.4 is 15.4 Å². The van der Waals surface area contributed by atoms with Gasteiger partial charge in [-0.1, -0.05) is 18.9 Å². The first-order chi connectivity index (χ1) is 13.1. The van der Waals surface area contributed by atoms with E-state index in [2.05, 4.69) is 28.2 Å². The summed E-state index contributed by atoms with van der Waals surface area (Å²) < 4.78 is 13.5. The lowest BCUT2D eigenvalue weighted by molar-refractivity contribution is -0.113. The van der Waals surface area contributed by atoms with Crippen molar-refractivity contribution in [3.63, 3.8) is 0 Å². The van der Waals surface area contributed by atoms with Crippen LogP contribution >= 0.6 is 12.8 Å². The number of benzene rings is 1. The second-order valence-corrected chi connectivity index (χ2v) is 6.65. The number of hydrogen-bond donors (Lipinski definition) is 4. The highest BCUT2D eigenvalue weighted by atomic mass is 32.1. The molecule has 144 valence electrons. The van der Waals surface area contributed by atoms with Gasteiger partial charge in [-0.3, -0.25) is 9.59 Å². The van der Waals surface area contributed by atoms with E-state index in [-0.39, 0.29) is 17.9 Å². The van der Waals surface area contributed by atoms with Crippen molar-refractivity contribution < 1.29 is 19.1 Å². The SMILES string of the molecule is CC1=Cc2ccc(C(=O)NCCC3COCCO3)cc2NC(=O)C(NS)=C1. The molecule has 3 N–H and O–H groups in total. The molecule has 0 spiro atoms. The monoisotopic (exact) mass is 389 g/mol. The van der Waals surface area contributed by atoms with Crippen LogP contribution in [0.15, 0.2) is 35.5 Å². The Morgan fingerprint density at radius 1 is 1.33 bits per heavy atom. The minimum atomic E-state index is -0.314. The van der Waals surface area contributed by atoms with E-state index in [4.69, 9.17) is 9.47 Å². The van der Waals surface area contributed by atoms with Gasteiger partial charge >= 0.3 is 0 Å². The Bertz CT molecular complexity index is 785. The van der Waals surface area contributed by atoms with Gasteiger partial charge in [-0.25, -0.2) is 0 Å². The average molecular weight is 389 g/mol. The Labute approximate surface area is 163 Å². The molecule has 1 aromatic carbocycles. The molecule has 2 aliphatic heterocycles. The molecule has 0 aromatic heterocycles. The summed E-state index contributed by atoms with van der Waals surface area (Å²) in [7, 11) is 0. The second kappa shape index (κ2) is 9.07. The molecule has 2 heterocycles. The van der Waals surface area contributed by atoms with Crippen LogP contribution in [0.1, 0.15) is 29.3 Å². The summed E-state index contributed by atoms with van der Waals surface area (Å²) in [5.41, 5.74) is 3.12. The van der Waals surface area contributed by atoms with Crippen LogP contribution in [-0.4, -0.2) is 44.3 Å². The topological polar surface area (TPSA) is 88.7 Å². The van der Waals surface area contributed by atoms with Gasteiger partial charge in [0.15, 0.2) is 0 Å². The normalized spacial score (nSPS) is 19.6. The van der Waals surface area contributed by atoms with Gasteiger partial charge in [0, 0.05) is 17.8 Å². The van der Waals surface area contributed by atoms with Crippen molar-refractivity contribution in [3.8, 4) is 0 Å². The molecule has 1 fully saturated rings. The molecular weight excluding hydrogens is 366 g/mol. The molecule has 7 nitrogen and oxygen atoms in total. The van der Waals surface area contributed by atoms with Crippen LogP contribution in [0.2, 0.25) is 0 Å². The maximum absolute atomic E-state index is 12.4. The third-order valence-corrected chi connectivity index (χ3v) is 4.56. The maximum atomic E-state index is 12.4. The highest BCUT2D eigenvalue weighted by Crippen LogP contribution is 2.24. The van der Waals surface area contributed by atoms with Crippen LogP contribution in [0.4, 0.5) is 5.69 Å². The summed E-state index contributed by atoms with van der Waals surface area (Å²) in [4.78, 5) is 24.7. The summed E-state index contributed by atoms with van der Waals surface area (Å²) in [6.45, 7) is 4.16. The van der Waals surface area contributed by atoms with Gasteiger partial charge in [0.05, 0.1) is 25.9 Å². The largest absolute Gasteiger partial charge is 0.376 e. The van der Waals surface area contributed by atoms with Crippen molar-refractivity contribution in [1.82, 2.24) is 10.0 Å². The zero-order valence-corrected chi connectivity index (χ0v) is 16.0. The lowest BCUT2D eigenvalue weighted by Crippen LogP contribution is -2.33. The third kappa shape index (κ3) is 5.12. The maximum Gasteiger partial charge on any atom is 0.272 e. The van der Waals surface area contributed by atoms with E-state index < -0.39 is 0 Å². The number of allylic oxidation sites excluding steroid dienone is 2. The van der Waals surface area contributed by atoms with E-state index in [1.165, 1.54) is 0 Å². The van der Waals surface area contributed by atoms with Crippen molar-refractivity contribution in [2.24, 2.45) is 0 Å². The molecule has 2 aliphatic rings. The van der Waals surface area contributed by atoms with Crippen LogP contribution in [0, 0.1) is 0 Å². The highest BCUT2D eigenvalue weighted by molar-refractivity contribution is 7.78. The number of fused-ring (bicyclic) bond motifs is 1. The number of thiol groups is 1. The lowest BCUT2D eigenvalue weighted by atomic mass is 10.0. The van der Waals surface area contributed by atoms with Crippen LogP contribution in [0.5, 0.6) is 0 Å². The number of anilines is 1. The smallest absolute Gasteiger partial charge is 0.272 e. The molecule has 3 rings (SSSR count). The number of rotatable bonds is 5. The van der Waals surface area contributed by atoms with Gasteiger partial charge < -0.3 is 24.8 Å². The molecule has 27 heavy (non-hydrogen) atoms. The van der Waals surface area contributed by atoms with Gasteiger partial charge in [0.2, 0.25) is 0 Å². The number of carbonyl (C=O) groups is 2. The molecular formula is C19H23N3O4S. The van der Waals surface area contributed by atoms with Crippen molar-refractivity contribution >= 4 is 36.4 Å². The van der Waals surface area contributed by atoms with Crippen molar-refractivity contribution in [1.29, 1.82) is 0 Å². The predicted octanol–water partition coefficient (Wildman–Crippen LogP) is 1.90. The fourth-order valence-electron chi connectivity index (χ4n) is 2.94. The van der Waals surface area contributed by atoms with E-state index in [1.54, 1.807) is 18.2 Å². The Balaban J connectivity index is 1.67. The van der Waals surface area contributed by atoms with E-state index >= 15 is 0 Å². The van der Waals surface area contributed by atoms with Crippen molar-refractivity contribution in [2.45, 2.75) is 19.4 Å². The van der Waals surface area contributed by atoms with E-state index in [0.29, 0.717) is 49.7 Å². The molecule has 1 unspecified atom stereocenters. The number of amides is 2. The molecule has 8 heteroatoms. The van der Waals surface area contributed by atoms with Gasteiger partial charge in [-0.15, -0.1) is 0 Å². The van der Waals surface area contributed by atoms with Crippen molar-refractivity contribution in [3.05, 3.63) is 46.7 Å². The Kier molecular flexibility index (Phi) is 6.54. The molecule has 2 amide bonds. The van der Waals surface area contributed by atoms with Gasteiger partial charge in [0.1, 0.15) is 5.70 Å². The Morgan fingerprint density at radius 3 is 2.93 bits per heavy atom. The first-order valence-corrected chi connectivity index (χ1v) is 9.24. The summed E-state index contributed by atoms with van der Waals surface area (Å²) >= 11 is 3.96. The minimum Gasteiger partial charge on any atom is -0.376 e. The zero-order valence-electron chi connectivity index (χ0n) is 15.1. The first kappa shape index (κ1) is 19.5. The standard InChI is InChI=1S/C19H23N3O4S/c1-12-8-13-2-3-14(10-16(13)21-19(24)17(9-12)22-27)18(23)20-5-4-15-11-25-6-7-26-15/h2-3,8-10,15,22,27H,4-7,11H2,1H3,(H,20,23)(H,21,24). The minimum absolute atomic E-state index is 0.0150. The fraction of sp³-hybridized carbons (Fsp3) is 0.368. The van der Waals surface area contributed by atoms with E-state index in [1.807, 2.05) is 19.1 Å².